The van der Waals surface area contributed by atoms with Gasteiger partial charge in [0.05, 0.1) is 6.07 Å². The van der Waals surface area contributed by atoms with Crippen molar-refractivity contribution in [2.24, 2.45) is 0 Å². The minimum absolute atomic E-state index is 0.358. The first-order valence-electron chi connectivity index (χ1n) is 3.78. The minimum Gasteiger partial charge on any atom is -0.296 e. The van der Waals surface area contributed by atoms with Crippen LogP contribution in [0.4, 0.5) is 0 Å². The predicted molar refractivity (Wildman–Crippen MR) is 50.3 cm³/mol. The molecule has 0 heterocycles. The highest BCUT2D eigenvalue weighted by molar-refractivity contribution is 6.36. The molecule has 0 radical (unpaired) electrons. The number of Topliss-reactive ketones (excluding diaryl/α,β-unsaturated/α-hetero) is 1. The molecule has 0 bridgehead atoms. The molecule has 66 valence electrons. The number of rotatable bonds is 2. The first-order valence-corrected chi connectivity index (χ1v) is 4.16. The molecule has 0 fully saturated rings. The van der Waals surface area contributed by atoms with Crippen LogP contribution in [0.3, 0.4) is 0 Å². The van der Waals surface area contributed by atoms with Gasteiger partial charge >= 0.3 is 0 Å². The number of halogens is 1. The smallest absolute Gasteiger partial charge is 0.213 e. The Hall–Kier alpha value is -1.33. The summed E-state index contributed by atoms with van der Waals surface area (Å²) in [6, 6.07) is 10.4. The second kappa shape index (κ2) is 3.59. The highest BCUT2D eigenvalue weighted by atomic mass is 35.5. The molecule has 0 aromatic heterocycles. The van der Waals surface area contributed by atoms with Crippen molar-refractivity contribution >= 4 is 17.4 Å². The Kier molecular flexibility index (Phi) is 2.69. The van der Waals surface area contributed by atoms with Crippen molar-refractivity contribution < 1.29 is 4.79 Å². The SMILES string of the molecule is CC(=O)C(Cl)(C#N)c1ccccc1. The summed E-state index contributed by atoms with van der Waals surface area (Å²) in [5.74, 6) is -0.358. The van der Waals surface area contributed by atoms with E-state index < -0.39 is 4.87 Å². The summed E-state index contributed by atoms with van der Waals surface area (Å²) in [7, 11) is 0. The van der Waals surface area contributed by atoms with Crippen LogP contribution in [0.25, 0.3) is 0 Å². The maximum absolute atomic E-state index is 11.1. The summed E-state index contributed by atoms with van der Waals surface area (Å²) in [5, 5.41) is 8.81. The third kappa shape index (κ3) is 1.71. The quantitative estimate of drug-likeness (QED) is 0.676. The number of nitriles is 1. The number of hydrogen-bond acceptors (Lipinski definition) is 2. The molecule has 0 saturated heterocycles. The van der Waals surface area contributed by atoms with Crippen molar-refractivity contribution in [2.45, 2.75) is 11.8 Å². The predicted octanol–water partition coefficient (Wildman–Crippen LogP) is 2.23. The summed E-state index contributed by atoms with van der Waals surface area (Å²) in [6.07, 6.45) is 0. The number of alkyl halides is 1. The van der Waals surface area contributed by atoms with Gasteiger partial charge in [-0.2, -0.15) is 5.26 Å². The summed E-state index contributed by atoms with van der Waals surface area (Å²) in [5.41, 5.74) is 0.520. The van der Waals surface area contributed by atoms with Gasteiger partial charge in [0.15, 0.2) is 5.78 Å². The van der Waals surface area contributed by atoms with Crippen LogP contribution in [-0.4, -0.2) is 5.78 Å². The van der Waals surface area contributed by atoms with E-state index in [4.69, 9.17) is 16.9 Å². The molecular formula is C10H8ClNO. The van der Waals surface area contributed by atoms with Gasteiger partial charge in [0.25, 0.3) is 0 Å². The van der Waals surface area contributed by atoms with Crippen LogP contribution in [0.2, 0.25) is 0 Å². The normalized spacial score (nSPS) is 14.2. The summed E-state index contributed by atoms with van der Waals surface area (Å²) < 4.78 is 0. The first-order chi connectivity index (χ1) is 6.11. The monoisotopic (exact) mass is 193 g/mol. The number of carbonyl (C=O) groups excluding carboxylic acids is 1. The first kappa shape index (κ1) is 9.76. The average Bonchev–Trinajstić information content (AvgIpc) is 2.17. The maximum Gasteiger partial charge on any atom is 0.213 e. The van der Waals surface area contributed by atoms with Crippen LogP contribution < -0.4 is 0 Å². The van der Waals surface area contributed by atoms with Gasteiger partial charge in [-0.3, -0.25) is 4.79 Å². The molecular weight excluding hydrogens is 186 g/mol. The Morgan fingerprint density at radius 1 is 1.46 bits per heavy atom. The molecule has 1 rings (SSSR count). The van der Waals surface area contributed by atoms with E-state index in [1.54, 1.807) is 30.3 Å². The van der Waals surface area contributed by atoms with Gasteiger partial charge in [-0.25, -0.2) is 0 Å². The molecule has 1 atom stereocenters. The van der Waals surface area contributed by atoms with Gasteiger partial charge in [-0.05, 0) is 12.5 Å². The lowest BCUT2D eigenvalue weighted by Crippen LogP contribution is -2.25. The molecule has 1 unspecified atom stereocenters. The van der Waals surface area contributed by atoms with Crippen LogP contribution >= 0.6 is 11.6 Å². The molecule has 0 aliphatic heterocycles. The van der Waals surface area contributed by atoms with Crippen molar-refractivity contribution in [3.8, 4) is 6.07 Å². The lowest BCUT2D eigenvalue weighted by Gasteiger charge is -2.14. The van der Waals surface area contributed by atoms with Crippen LogP contribution in [0.5, 0.6) is 0 Å². The fourth-order valence-electron chi connectivity index (χ4n) is 1.01. The lowest BCUT2D eigenvalue weighted by atomic mass is 9.96. The molecule has 3 heteroatoms. The molecule has 13 heavy (non-hydrogen) atoms. The van der Waals surface area contributed by atoms with E-state index >= 15 is 0 Å². The molecule has 0 aliphatic rings. The zero-order valence-corrected chi connectivity index (χ0v) is 7.88. The minimum atomic E-state index is -1.53. The number of benzene rings is 1. The average molecular weight is 194 g/mol. The Bertz CT molecular complexity index is 355. The molecule has 2 nitrogen and oxygen atoms in total. The Morgan fingerprint density at radius 2 is 2.00 bits per heavy atom. The van der Waals surface area contributed by atoms with Crippen molar-refractivity contribution in [1.29, 1.82) is 5.26 Å². The summed E-state index contributed by atoms with van der Waals surface area (Å²) >= 11 is 5.87. The topological polar surface area (TPSA) is 40.9 Å². The number of hydrogen-bond donors (Lipinski definition) is 0. The number of nitrogens with zero attached hydrogens (tertiary/aromatic N) is 1. The van der Waals surface area contributed by atoms with Crippen LogP contribution in [0.1, 0.15) is 12.5 Å². The van der Waals surface area contributed by atoms with Gasteiger partial charge in [0.1, 0.15) is 0 Å². The van der Waals surface area contributed by atoms with E-state index in [1.807, 2.05) is 6.07 Å². The van der Waals surface area contributed by atoms with E-state index in [2.05, 4.69) is 0 Å². The molecule has 0 aliphatic carbocycles. The molecule has 0 amide bonds. The van der Waals surface area contributed by atoms with E-state index in [1.165, 1.54) is 6.92 Å². The van der Waals surface area contributed by atoms with Crippen molar-refractivity contribution in [2.75, 3.05) is 0 Å². The summed E-state index contributed by atoms with van der Waals surface area (Å²) in [4.78, 5) is 9.62. The van der Waals surface area contributed by atoms with Gasteiger partial charge < -0.3 is 0 Å². The van der Waals surface area contributed by atoms with Gasteiger partial charge in [-0.15, -0.1) is 0 Å². The number of ketones is 1. The second-order valence-electron chi connectivity index (χ2n) is 2.69. The van der Waals surface area contributed by atoms with Crippen molar-refractivity contribution in [3.63, 3.8) is 0 Å². The highest BCUT2D eigenvalue weighted by Gasteiger charge is 2.34. The van der Waals surface area contributed by atoms with Gasteiger partial charge in [0.2, 0.25) is 4.87 Å². The molecule has 1 aromatic rings. The highest BCUT2D eigenvalue weighted by Crippen LogP contribution is 2.28. The fourth-order valence-corrected chi connectivity index (χ4v) is 1.14. The van der Waals surface area contributed by atoms with Crippen molar-refractivity contribution in [1.82, 2.24) is 0 Å². The van der Waals surface area contributed by atoms with Crippen LogP contribution in [-0.2, 0) is 9.67 Å². The standard InChI is InChI=1S/C10H8ClNO/c1-8(13)10(11,7-12)9-5-3-2-4-6-9/h2-6H,1H3. The van der Waals surface area contributed by atoms with Gasteiger partial charge in [0, 0.05) is 0 Å². The van der Waals surface area contributed by atoms with E-state index in [9.17, 15) is 4.79 Å². The lowest BCUT2D eigenvalue weighted by molar-refractivity contribution is -0.118. The fraction of sp³-hybridized carbons (Fsp3) is 0.200. The Balaban J connectivity index is 3.21. The molecule has 0 saturated carbocycles. The number of carbonyl (C=O) groups is 1. The van der Waals surface area contributed by atoms with Crippen LogP contribution in [0, 0.1) is 11.3 Å². The van der Waals surface area contributed by atoms with E-state index in [0.717, 1.165) is 0 Å². The Morgan fingerprint density at radius 3 is 2.38 bits per heavy atom. The van der Waals surface area contributed by atoms with E-state index in [-0.39, 0.29) is 5.78 Å². The van der Waals surface area contributed by atoms with Crippen molar-refractivity contribution in [3.05, 3.63) is 35.9 Å². The second-order valence-corrected chi connectivity index (χ2v) is 3.26. The Labute approximate surface area is 81.7 Å². The maximum atomic E-state index is 11.1. The third-order valence-corrected chi connectivity index (χ3v) is 2.38. The zero-order chi connectivity index (χ0) is 9.90. The molecule has 0 N–H and O–H groups in total. The summed E-state index contributed by atoms with van der Waals surface area (Å²) in [6.45, 7) is 1.31. The molecule has 0 spiro atoms. The molecule has 1 aromatic carbocycles. The zero-order valence-electron chi connectivity index (χ0n) is 7.12. The van der Waals surface area contributed by atoms with Crippen LogP contribution in [0.15, 0.2) is 30.3 Å². The van der Waals surface area contributed by atoms with Gasteiger partial charge in [-0.1, -0.05) is 41.9 Å². The largest absolute Gasteiger partial charge is 0.296 e. The third-order valence-electron chi connectivity index (χ3n) is 1.81. The van der Waals surface area contributed by atoms with E-state index in [0.29, 0.717) is 5.56 Å².